The van der Waals surface area contributed by atoms with Crippen LogP contribution in [0.15, 0.2) is 22.7 Å². The Hall–Kier alpha value is -0.0400. The molecule has 0 fully saturated rings. The maximum Gasteiger partial charge on any atom is -0.0154 e. The van der Waals surface area contributed by atoms with E-state index in [-0.39, 0.29) is 0 Å². The van der Waals surface area contributed by atoms with Gasteiger partial charge < -0.3 is 0 Å². The Labute approximate surface area is 91.2 Å². The van der Waals surface area contributed by atoms with Gasteiger partial charge >= 0.3 is 0 Å². The molecule has 0 saturated carbocycles. The van der Waals surface area contributed by atoms with E-state index in [0.29, 0.717) is 0 Å². The van der Waals surface area contributed by atoms with E-state index in [2.05, 4.69) is 36.4 Å². The van der Waals surface area contributed by atoms with Crippen molar-refractivity contribution >= 4 is 15.9 Å². The van der Waals surface area contributed by atoms with E-state index in [1.54, 1.807) is 0 Å². The summed E-state index contributed by atoms with van der Waals surface area (Å²) in [5, 5.41) is 0. The Morgan fingerprint density at radius 3 is 2.15 bits per heavy atom. The summed E-state index contributed by atoms with van der Waals surface area (Å²) in [4.78, 5) is 2.04. The van der Waals surface area contributed by atoms with Crippen molar-refractivity contribution in [3.05, 3.63) is 22.7 Å². The van der Waals surface area contributed by atoms with Crippen LogP contribution < -0.4 is 0 Å². The molecular formula is C12H21Br. The van der Waals surface area contributed by atoms with Crippen LogP contribution in [0.5, 0.6) is 0 Å². The third-order valence-corrected chi connectivity index (χ3v) is 2.77. The predicted octanol–water partition coefficient (Wildman–Crippen LogP) is 5.20. The number of hydrogen-bond donors (Lipinski definition) is 0. The molecule has 0 aromatic heterocycles. The van der Waals surface area contributed by atoms with Gasteiger partial charge in [0, 0.05) is 0 Å². The molecule has 0 aliphatic heterocycles. The lowest BCUT2D eigenvalue weighted by atomic mass is 9.99. The normalized spacial score (nSPS) is 11.8. The fraction of sp³-hybridized carbons (Fsp3) is 0.667. The van der Waals surface area contributed by atoms with Crippen molar-refractivity contribution in [3.8, 4) is 0 Å². The van der Waals surface area contributed by atoms with Crippen LogP contribution in [-0.2, 0) is 0 Å². The largest absolute Gasteiger partial charge is 0.0955 e. The van der Waals surface area contributed by atoms with Gasteiger partial charge in [0.25, 0.3) is 0 Å². The Kier molecular flexibility index (Phi) is 8.53. The third-order valence-electron chi connectivity index (χ3n) is 2.22. The van der Waals surface area contributed by atoms with Crippen molar-refractivity contribution < 1.29 is 0 Å². The summed E-state index contributed by atoms with van der Waals surface area (Å²) < 4.78 is 0. The standard InChI is InChI=1S/C12H21Br/c1-4-6-8-11(3)12(10-13)9-7-5-2/h10H,3-9H2,1-2H3/b12-10-. The molecule has 0 bridgehead atoms. The zero-order chi connectivity index (χ0) is 10.1. The minimum Gasteiger partial charge on any atom is -0.0955 e. The fourth-order valence-electron chi connectivity index (χ4n) is 1.23. The van der Waals surface area contributed by atoms with E-state index in [9.17, 15) is 0 Å². The van der Waals surface area contributed by atoms with Gasteiger partial charge in [0.2, 0.25) is 0 Å². The van der Waals surface area contributed by atoms with Crippen molar-refractivity contribution in [3.63, 3.8) is 0 Å². The Balaban J connectivity index is 3.87. The van der Waals surface area contributed by atoms with Gasteiger partial charge in [-0.15, -0.1) is 0 Å². The highest BCUT2D eigenvalue weighted by Gasteiger charge is 2.01. The number of allylic oxidation sites excluding steroid dienone is 2. The molecule has 0 aliphatic carbocycles. The summed E-state index contributed by atoms with van der Waals surface area (Å²) in [5.41, 5.74) is 2.71. The molecule has 0 aromatic rings. The first-order chi connectivity index (χ1) is 6.26. The molecule has 0 N–H and O–H groups in total. The number of unbranched alkanes of at least 4 members (excludes halogenated alkanes) is 2. The minimum atomic E-state index is 1.15. The van der Waals surface area contributed by atoms with Gasteiger partial charge in [0.1, 0.15) is 0 Å². The van der Waals surface area contributed by atoms with Gasteiger partial charge in [-0.3, -0.25) is 0 Å². The Bertz CT molecular complexity index is 168. The lowest BCUT2D eigenvalue weighted by Crippen LogP contribution is -1.88. The monoisotopic (exact) mass is 244 g/mol. The highest BCUT2D eigenvalue weighted by Crippen LogP contribution is 2.21. The Morgan fingerprint density at radius 2 is 1.69 bits per heavy atom. The number of halogens is 1. The van der Waals surface area contributed by atoms with Crippen LogP contribution in [0.1, 0.15) is 52.4 Å². The van der Waals surface area contributed by atoms with Gasteiger partial charge in [0.15, 0.2) is 0 Å². The molecule has 0 aromatic carbocycles. The second-order valence-corrected chi connectivity index (χ2v) is 3.90. The van der Waals surface area contributed by atoms with Crippen molar-refractivity contribution in [2.45, 2.75) is 52.4 Å². The van der Waals surface area contributed by atoms with Crippen molar-refractivity contribution in [2.75, 3.05) is 0 Å². The molecule has 1 heteroatoms. The highest BCUT2D eigenvalue weighted by atomic mass is 79.9. The molecule has 0 radical (unpaired) electrons. The van der Waals surface area contributed by atoms with Crippen LogP contribution >= 0.6 is 15.9 Å². The molecule has 0 heterocycles. The quantitative estimate of drug-likeness (QED) is 0.540. The van der Waals surface area contributed by atoms with Crippen LogP contribution in [0.3, 0.4) is 0 Å². The van der Waals surface area contributed by atoms with E-state index in [1.165, 1.54) is 43.3 Å². The molecular weight excluding hydrogens is 224 g/mol. The molecule has 0 rings (SSSR count). The smallest absolute Gasteiger partial charge is 0.0154 e. The zero-order valence-electron chi connectivity index (χ0n) is 8.91. The summed E-state index contributed by atoms with van der Waals surface area (Å²) in [6.07, 6.45) is 7.35. The van der Waals surface area contributed by atoms with E-state index in [4.69, 9.17) is 0 Å². The zero-order valence-corrected chi connectivity index (χ0v) is 10.5. The third kappa shape index (κ3) is 6.09. The van der Waals surface area contributed by atoms with E-state index >= 15 is 0 Å². The fourth-order valence-corrected chi connectivity index (χ4v) is 1.78. The van der Waals surface area contributed by atoms with E-state index < -0.39 is 0 Å². The SMILES string of the molecule is C=C(CCCC)/C(=C\Br)CCCC. The number of rotatable bonds is 7. The first-order valence-corrected chi connectivity index (χ1v) is 6.15. The van der Waals surface area contributed by atoms with Crippen molar-refractivity contribution in [2.24, 2.45) is 0 Å². The maximum absolute atomic E-state index is 4.12. The second-order valence-electron chi connectivity index (χ2n) is 3.45. The Morgan fingerprint density at radius 1 is 1.15 bits per heavy atom. The topological polar surface area (TPSA) is 0 Å². The summed E-state index contributed by atoms with van der Waals surface area (Å²) in [6, 6.07) is 0. The highest BCUT2D eigenvalue weighted by molar-refractivity contribution is 9.11. The molecule has 0 saturated heterocycles. The molecule has 76 valence electrons. The maximum atomic E-state index is 4.12. The molecule has 0 aliphatic rings. The summed E-state index contributed by atoms with van der Waals surface area (Å²) in [7, 11) is 0. The minimum absolute atomic E-state index is 1.15. The van der Waals surface area contributed by atoms with Crippen molar-refractivity contribution in [1.29, 1.82) is 0 Å². The molecule has 0 nitrogen and oxygen atoms in total. The molecule has 0 unspecified atom stereocenters. The summed E-state index contributed by atoms with van der Waals surface area (Å²) >= 11 is 3.42. The first kappa shape index (κ1) is 13.0. The predicted molar refractivity (Wildman–Crippen MR) is 65.2 cm³/mol. The van der Waals surface area contributed by atoms with Crippen molar-refractivity contribution in [1.82, 2.24) is 0 Å². The molecule has 0 spiro atoms. The average Bonchev–Trinajstić information content (AvgIpc) is 2.16. The first-order valence-electron chi connectivity index (χ1n) is 5.23. The second kappa shape index (κ2) is 8.55. The summed E-state index contributed by atoms with van der Waals surface area (Å²) in [5.74, 6) is 0. The lowest BCUT2D eigenvalue weighted by Gasteiger charge is -2.08. The van der Waals surface area contributed by atoms with Gasteiger partial charge in [-0.2, -0.15) is 0 Å². The van der Waals surface area contributed by atoms with Crippen LogP contribution in [-0.4, -0.2) is 0 Å². The lowest BCUT2D eigenvalue weighted by molar-refractivity contribution is 0.755. The van der Waals surface area contributed by atoms with Gasteiger partial charge in [-0.1, -0.05) is 54.8 Å². The van der Waals surface area contributed by atoms with Crippen LogP contribution in [0, 0.1) is 0 Å². The van der Waals surface area contributed by atoms with Gasteiger partial charge in [-0.05, 0) is 36.2 Å². The molecule has 13 heavy (non-hydrogen) atoms. The summed E-state index contributed by atoms with van der Waals surface area (Å²) in [6.45, 7) is 8.56. The number of hydrogen-bond acceptors (Lipinski definition) is 0. The van der Waals surface area contributed by atoms with E-state index in [1.807, 2.05) is 4.99 Å². The van der Waals surface area contributed by atoms with Crippen LogP contribution in [0.2, 0.25) is 0 Å². The van der Waals surface area contributed by atoms with Gasteiger partial charge in [0.05, 0.1) is 0 Å². The average molecular weight is 245 g/mol. The van der Waals surface area contributed by atoms with E-state index in [0.717, 1.165) is 6.42 Å². The molecule has 0 amide bonds. The van der Waals surface area contributed by atoms with Gasteiger partial charge in [-0.25, -0.2) is 0 Å². The van der Waals surface area contributed by atoms with Crippen LogP contribution in [0.25, 0.3) is 0 Å². The molecule has 0 atom stereocenters. The van der Waals surface area contributed by atoms with Crippen LogP contribution in [0.4, 0.5) is 0 Å².